The highest BCUT2D eigenvalue weighted by Crippen LogP contribution is 2.24. The second kappa shape index (κ2) is 8.73. The maximum absolute atomic E-state index is 12.2. The lowest BCUT2D eigenvalue weighted by Gasteiger charge is -2.10. The van der Waals surface area contributed by atoms with E-state index in [0.29, 0.717) is 16.8 Å². The summed E-state index contributed by atoms with van der Waals surface area (Å²) < 4.78 is 0. The Morgan fingerprint density at radius 2 is 1.72 bits per heavy atom. The standard InChI is InChI=1S/C19H20N2O4/c1-2-13-3-5-15(6-4-13)19(24)20-16-9-7-14(8-10-16)17(21-25)11-12-18(22)23/h3-10,17H,2,11-12H2,1H3,(H,20,24)(H,22,23). The van der Waals surface area contributed by atoms with Crippen LogP contribution >= 0.6 is 0 Å². The Morgan fingerprint density at radius 1 is 1.08 bits per heavy atom. The summed E-state index contributed by atoms with van der Waals surface area (Å²) in [5.41, 5.74) is 2.95. The molecule has 0 heterocycles. The summed E-state index contributed by atoms with van der Waals surface area (Å²) in [7, 11) is 0. The molecule has 0 radical (unpaired) electrons. The lowest BCUT2D eigenvalue weighted by atomic mass is 10.0. The molecule has 1 unspecified atom stereocenters. The zero-order chi connectivity index (χ0) is 18.2. The minimum absolute atomic E-state index is 0.122. The summed E-state index contributed by atoms with van der Waals surface area (Å²) in [6.45, 7) is 2.05. The Balaban J connectivity index is 2.02. The van der Waals surface area contributed by atoms with Gasteiger partial charge >= 0.3 is 5.97 Å². The third-order valence-electron chi connectivity index (χ3n) is 3.94. The fraction of sp³-hybridized carbons (Fsp3) is 0.263. The van der Waals surface area contributed by atoms with Crippen LogP contribution in [-0.4, -0.2) is 17.0 Å². The Labute approximate surface area is 145 Å². The zero-order valence-electron chi connectivity index (χ0n) is 13.9. The number of carboxylic acids is 1. The second-order valence-corrected chi connectivity index (χ2v) is 5.68. The van der Waals surface area contributed by atoms with Gasteiger partial charge in [-0.05, 0) is 48.2 Å². The average molecular weight is 340 g/mol. The molecule has 130 valence electrons. The molecule has 2 rings (SSSR count). The van der Waals surface area contributed by atoms with Gasteiger partial charge in [-0.25, -0.2) is 0 Å². The number of carbonyl (C=O) groups excluding carboxylic acids is 1. The molecule has 0 saturated heterocycles. The molecule has 0 aliphatic carbocycles. The smallest absolute Gasteiger partial charge is 0.303 e. The number of rotatable bonds is 8. The number of nitrogens with zero attached hydrogens (tertiary/aromatic N) is 1. The number of nitroso groups, excluding NO2 is 1. The Kier molecular flexibility index (Phi) is 6.39. The van der Waals surface area contributed by atoms with Crippen LogP contribution in [0, 0.1) is 4.91 Å². The minimum Gasteiger partial charge on any atom is -0.481 e. The first kappa shape index (κ1) is 18.3. The van der Waals surface area contributed by atoms with E-state index in [2.05, 4.69) is 17.4 Å². The molecule has 0 fully saturated rings. The number of carboxylic acid groups (broad SMARTS) is 1. The molecule has 1 amide bonds. The predicted molar refractivity (Wildman–Crippen MR) is 95.6 cm³/mol. The molecule has 6 heteroatoms. The molecule has 0 aliphatic rings. The normalized spacial score (nSPS) is 11.6. The Bertz CT molecular complexity index is 739. The van der Waals surface area contributed by atoms with Crippen LogP contribution in [0.1, 0.15) is 47.3 Å². The van der Waals surface area contributed by atoms with E-state index in [9.17, 15) is 14.5 Å². The molecular formula is C19H20N2O4. The molecule has 0 spiro atoms. The number of nitrogens with one attached hydrogen (secondary N) is 1. The molecule has 6 nitrogen and oxygen atoms in total. The lowest BCUT2D eigenvalue weighted by molar-refractivity contribution is -0.137. The van der Waals surface area contributed by atoms with Gasteiger partial charge in [0.1, 0.15) is 6.04 Å². The third-order valence-corrected chi connectivity index (χ3v) is 3.94. The fourth-order valence-corrected chi connectivity index (χ4v) is 2.42. The van der Waals surface area contributed by atoms with Crippen molar-refractivity contribution in [2.75, 3.05) is 5.32 Å². The van der Waals surface area contributed by atoms with Gasteiger partial charge in [0.15, 0.2) is 0 Å². The van der Waals surface area contributed by atoms with Gasteiger partial charge in [0.2, 0.25) is 0 Å². The van der Waals surface area contributed by atoms with E-state index in [-0.39, 0.29) is 18.7 Å². The first-order chi connectivity index (χ1) is 12.0. The summed E-state index contributed by atoms with van der Waals surface area (Å²) in [5, 5.41) is 14.5. The van der Waals surface area contributed by atoms with E-state index < -0.39 is 12.0 Å². The topological polar surface area (TPSA) is 95.8 Å². The SMILES string of the molecule is CCc1ccc(C(=O)Nc2ccc(C(CCC(=O)O)N=O)cc2)cc1. The van der Waals surface area contributed by atoms with Crippen LogP contribution in [0.2, 0.25) is 0 Å². The number of amides is 1. The molecule has 1 atom stereocenters. The maximum Gasteiger partial charge on any atom is 0.303 e. The van der Waals surface area contributed by atoms with Crippen molar-refractivity contribution in [3.63, 3.8) is 0 Å². The third kappa shape index (κ3) is 5.24. The van der Waals surface area contributed by atoms with Crippen molar-refractivity contribution in [2.24, 2.45) is 5.18 Å². The highest BCUT2D eigenvalue weighted by molar-refractivity contribution is 6.04. The summed E-state index contributed by atoms with van der Waals surface area (Å²) in [4.78, 5) is 33.7. The van der Waals surface area contributed by atoms with E-state index in [1.165, 1.54) is 0 Å². The van der Waals surface area contributed by atoms with Crippen LogP contribution in [0.15, 0.2) is 53.7 Å². The van der Waals surface area contributed by atoms with Crippen molar-refractivity contribution < 1.29 is 14.7 Å². The monoisotopic (exact) mass is 340 g/mol. The van der Waals surface area contributed by atoms with Gasteiger partial charge < -0.3 is 10.4 Å². The van der Waals surface area contributed by atoms with Gasteiger partial charge in [0.05, 0.1) is 0 Å². The number of anilines is 1. The second-order valence-electron chi connectivity index (χ2n) is 5.68. The Morgan fingerprint density at radius 3 is 2.24 bits per heavy atom. The van der Waals surface area contributed by atoms with Gasteiger partial charge in [-0.2, -0.15) is 4.91 Å². The number of hydrogen-bond donors (Lipinski definition) is 2. The fourth-order valence-electron chi connectivity index (χ4n) is 2.42. The van der Waals surface area contributed by atoms with E-state index in [0.717, 1.165) is 12.0 Å². The van der Waals surface area contributed by atoms with Crippen molar-refractivity contribution in [2.45, 2.75) is 32.2 Å². The average Bonchev–Trinajstić information content (AvgIpc) is 2.63. The molecule has 25 heavy (non-hydrogen) atoms. The van der Waals surface area contributed by atoms with Gasteiger partial charge in [-0.3, -0.25) is 9.59 Å². The number of hydrogen-bond acceptors (Lipinski definition) is 4. The van der Waals surface area contributed by atoms with Crippen LogP contribution in [0.5, 0.6) is 0 Å². The summed E-state index contributed by atoms with van der Waals surface area (Å²) in [6.07, 6.45) is 0.939. The molecule has 0 bridgehead atoms. The zero-order valence-corrected chi connectivity index (χ0v) is 13.9. The summed E-state index contributed by atoms with van der Waals surface area (Å²) >= 11 is 0. The van der Waals surface area contributed by atoms with Crippen LogP contribution in [0.4, 0.5) is 5.69 Å². The van der Waals surface area contributed by atoms with Crippen molar-refractivity contribution in [3.05, 3.63) is 70.1 Å². The van der Waals surface area contributed by atoms with Gasteiger partial charge in [-0.15, -0.1) is 0 Å². The molecular weight excluding hydrogens is 320 g/mol. The van der Waals surface area contributed by atoms with Crippen LogP contribution in [0.3, 0.4) is 0 Å². The van der Waals surface area contributed by atoms with Gasteiger partial charge in [0, 0.05) is 17.7 Å². The molecule has 2 N–H and O–H groups in total. The highest BCUT2D eigenvalue weighted by Gasteiger charge is 2.14. The molecule has 0 aromatic heterocycles. The van der Waals surface area contributed by atoms with Gasteiger partial charge in [0.25, 0.3) is 5.91 Å². The Hall–Kier alpha value is -3.02. The minimum atomic E-state index is -0.966. The maximum atomic E-state index is 12.2. The van der Waals surface area contributed by atoms with Crippen LogP contribution < -0.4 is 5.32 Å². The van der Waals surface area contributed by atoms with Crippen molar-refractivity contribution in [3.8, 4) is 0 Å². The quantitative estimate of drug-likeness (QED) is 0.705. The van der Waals surface area contributed by atoms with Crippen LogP contribution in [0.25, 0.3) is 0 Å². The van der Waals surface area contributed by atoms with Crippen molar-refractivity contribution in [1.29, 1.82) is 0 Å². The molecule has 2 aromatic rings. The first-order valence-corrected chi connectivity index (χ1v) is 8.08. The molecule has 2 aromatic carbocycles. The summed E-state index contributed by atoms with van der Waals surface area (Å²) in [6, 6.07) is 13.4. The van der Waals surface area contributed by atoms with Crippen molar-refractivity contribution >= 4 is 17.6 Å². The van der Waals surface area contributed by atoms with E-state index in [4.69, 9.17) is 5.11 Å². The lowest BCUT2D eigenvalue weighted by Crippen LogP contribution is -2.12. The van der Waals surface area contributed by atoms with E-state index in [1.54, 1.807) is 36.4 Å². The molecule has 0 aliphatic heterocycles. The van der Waals surface area contributed by atoms with E-state index in [1.807, 2.05) is 12.1 Å². The number of aliphatic carboxylic acids is 1. The van der Waals surface area contributed by atoms with Crippen molar-refractivity contribution in [1.82, 2.24) is 0 Å². The van der Waals surface area contributed by atoms with Crippen LogP contribution in [-0.2, 0) is 11.2 Å². The number of benzene rings is 2. The van der Waals surface area contributed by atoms with Gasteiger partial charge in [-0.1, -0.05) is 36.4 Å². The highest BCUT2D eigenvalue weighted by atomic mass is 16.4. The number of aryl methyl sites for hydroxylation is 1. The van der Waals surface area contributed by atoms with E-state index >= 15 is 0 Å². The largest absolute Gasteiger partial charge is 0.481 e. The molecule has 0 saturated carbocycles. The number of carbonyl (C=O) groups is 2. The predicted octanol–water partition coefficient (Wildman–Crippen LogP) is 4.17. The summed E-state index contributed by atoms with van der Waals surface area (Å²) in [5.74, 6) is -1.18. The first-order valence-electron chi connectivity index (χ1n) is 8.08.